The molecular formula is C25H21ClN4O2. The number of pyridine rings is 2. The van der Waals surface area contributed by atoms with Crippen molar-refractivity contribution >= 4 is 34.0 Å². The maximum absolute atomic E-state index is 13.1. The Morgan fingerprint density at radius 3 is 2.78 bits per heavy atom. The minimum atomic E-state index is -0.211. The first-order valence-corrected chi connectivity index (χ1v) is 10.6. The molecule has 2 N–H and O–H groups in total. The maximum atomic E-state index is 13.1. The van der Waals surface area contributed by atoms with Crippen LogP contribution in [-0.4, -0.2) is 21.5 Å². The van der Waals surface area contributed by atoms with E-state index in [9.17, 15) is 4.79 Å². The SMILES string of the molecule is COc1cccc2[nH]c(=O)c(-c3nc4cc(C)ccn4c3NCc3cccc(Cl)c3)cc12. The molecule has 2 aromatic carbocycles. The van der Waals surface area contributed by atoms with Gasteiger partial charge in [-0.05, 0) is 60.5 Å². The number of aromatic nitrogens is 3. The quantitative estimate of drug-likeness (QED) is 0.379. The summed E-state index contributed by atoms with van der Waals surface area (Å²) in [5, 5.41) is 4.95. The van der Waals surface area contributed by atoms with Crippen LogP contribution in [0.5, 0.6) is 5.75 Å². The number of H-pyrrole nitrogens is 1. The number of imidazole rings is 1. The molecule has 160 valence electrons. The van der Waals surface area contributed by atoms with Crippen LogP contribution in [0.4, 0.5) is 5.82 Å². The van der Waals surface area contributed by atoms with Crippen molar-refractivity contribution < 1.29 is 4.74 Å². The predicted molar refractivity (Wildman–Crippen MR) is 129 cm³/mol. The fourth-order valence-corrected chi connectivity index (χ4v) is 4.10. The first-order chi connectivity index (χ1) is 15.5. The first kappa shape index (κ1) is 20.2. The molecule has 0 unspecified atom stereocenters. The van der Waals surface area contributed by atoms with Gasteiger partial charge in [-0.25, -0.2) is 4.98 Å². The van der Waals surface area contributed by atoms with Crippen molar-refractivity contribution in [2.24, 2.45) is 0 Å². The van der Waals surface area contributed by atoms with Gasteiger partial charge in [-0.3, -0.25) is 9.20 Å². The van der Waals surface area contributed by atoms with Crippen molar-refractivity contribution in [2.75, 3.05) is 12.4 Å². The molecule has 5 aromatic rings. The van der Waals surface area contributed by atoms with Crippen molar-refractivity contribution in [1.29, 1.82) is 0 Å². The molecular weight excluding hydrogens is 424 g/mol. The molecule has 0 radical (unpaired) electrons. The number of nitrogens with zero attached hydrogens (tertiary/aromatic N) is 2. The van der Waals surface area contributed by atoms with E-state index < -0.39 is 0 Å². The fourth-order valence-electron chi connectivity index (χ4n) is 3.89. The van der Waals surface area contributed by atoms with Gasteiger partial charge in [-0.2, -0.15) is 0 Å². The molecule has 6 nitrogen and oxygen atoms in total. The van der Waals surface area contributed by atoms with E-state index in [1.807, 2.05) is 78.2 Å². The zero-order valence-electron chi connectivity index (χ0n) is 17.6. The Labute approximate surface area is 189 Å². The molecule has 0 aliphatic carbocycles. The number of aromatic amines is 1. The summed E-state index contributed by atoms with van der Waals surface area (Å²) in [6.45, 7) is 2.55. The van der Waals surface area contributed by atoms with Crippen LogP contribution in [0, 0.1) is 6.92 Å². The monoisotopic (exact) mass is 444 g/mol. The minimum absolute atomic E-state index is 0.211. The first-order valence-electron chi connectivity index (χ1n) is 10.2. The van der Waals surface area contributed by atoms with E-state index in [4.69, 9.17) is 21.3 Å². The lowest BCUT2D eigenvalue weighted by molar-refractivity contribution is 0.420. The molecule has 5 rings (SSSR count). The third-order valence-corrected chi connectivity index (χ3v) is 5.69. The van der Waals surface area contributed by atoms with Crippen molar-refractivity contribution in [2.45, 2.75) is 13.5 Å². The molecule has 0 bridgehead atoms. The highest BCUT2D eigenvalue weighted by atomic mass is 35.5. The number of ether oxygens (including phenoxy) is 1. The average molecular weight is 445 g/mol. The molecule has 0 spiro atoms. The summed E-state index contributed by atoms with van der Waals surface area (Å²) in [7, 11) is 1.62. The van der Waals surface area contributed by atoms with Crippen molar-refractivity contribution in [1.82, 2.24) is 14.4 Å². The van der Waals surface area contributed by atoms with Gasteiger partial charge in [0.05, 0.1) is 18.2 Å². The Bertz CT molecular complexity index is 1520. The highest BCUT2D eigenvalue weighted by Crippen LogP contribution is 2.31. The van der Waals surface area contributed by atoms with Gasteiger partial charge < -0.3 is 15.0 Å². The second-order valence-corrected chi connectivity index (χ2v) is 8.09. The summed E-state index contributed by atoms with van der Waals surface area (Å²) in [5.74, 6) is 1.42. The molecule has 0 amide bonds. The lowest BCUT2D eigenvalue weighted by atomic mass is 10.1. The topological polar surface area (TPSA) is 71.4 Å². The molecule has 3 aromatic heterocycles. The van der Waals surface area contributed by atoms with Crippen molar-refractivity contribution in [3.63, 3.8) is 0 Å². The van der Waals surface area contributed by atoms with Gasteiger partial charge in [0.1, 0.15) is 22.9 Å². The molecule has 32 heavy (non-hydrogen) atoms. The third-order valence-electron chi connectivity index (χ3n) is 5.45. The van der Waals surface area contributed by atoms with Gasteiger partial charge in [-0.1, -0.05) is 29.8 Å². The number of halogens is 1. The van der Waals surface area contributed by atoms with E-state index in [0.29, 0.717) is 34.1 Å². The number of benzene rings is 2. The van der Waals surface area contributed by atoms with E-state index in [-0.39, 0.29) is 5.56 Å². The lowest BCUT2D eigenvalue weighted by Gasteiger charge is -2.10. The summed E-state index contributed by atoms with van der Waals surface area (Å²) >= 11 is 6.15. The standard InChI is InChI=1S/C25H21ClN4O2/c1-15-9-10-30-22(11-15)29-23(24(30)27-14-16-5-3-6-17(26)12-16)19-13-18-20(28-25(19)31)7-4-8-21(18)32-2/h3-13,27H,14H2,1-2H3,(H,28,31). The largest absolute Gasteiger partial charge is 0.496 e. The number of anilines is 1. The van der Waals surface area contributed by atoms with Crippen LogP contribution in [0.2, 0.25) is 5.02 Å². The Balaban J connectivity index is 1.69. The van der Waals surface area contributed by atoms with Gasteiger partial charge in [0, 0.05) is 23.2 Å². The van der Waals surface area contributed by atoms with Crippen LogP contribution in [0.25, 0.3) is 27.8 Å². The maximum Gasteiger partial charge on any atom is 0.258 e. The van der Waals surface area contributed by atoms with E-state index in [1.54, 1.807) is 7.11 Å². The molecule has 0 fully saturated rings. The Kier molecular flexibility index (Phi) is 5.07. The highest BCUT2D eigenvalue weighted by Gasteiger charge is 2.18. The van der Waals surface area contributed by atoms with E-state index >= 15 is 0 Å². The van der Waals surface area contributed by atoms with Crippen molar-refractivity contribution in [3.8, 4) is 17.0 Å². The molecule has 0 saturated heterocycles. The zero-order chi connectivity index (χ0) is 22.2. The second-order valence-electron chi connectivity index (χ2n) is 7.66. The highest BCUT2D eigenvalue weighted by molar-refractivity contribution is 6.30. The summed E-state index contributed by atoms with van der Waals surface area (Å²) in [4.78, 5) is 20.8. The molecule has 7 heteroatoms. The summed E-state index contributed by atoms with van der Waals surface area (Å²) in [6, 6.07) is 19.1. The number of methoxy groups -OCH3 is 1. The number of aryl methyl sites for hydroxylation is 1. The fraction of sp³-hybridized carbons (Fsp3) is 0.120. The molecule has 0 saturated carbocycles. The molecule has 0 atom stereocenters. The van der Waals surface area contributed by atoms with Gasteiger partial charge in [-0.15, -0.1) is 0 Å². The van der Waals surface area contributed by atoms with Crippen LogP contribution in [-0.2, 0) is 6.54 Å². The van der Waals surface area contributed by atoms with Crippen LogP contribution >= 0.6 is 11.6 Å². The van der Waals surface area contributed by atoms with Gasteiger partial charge >= 0.3 is 0 Å². The average Bonchev–Trinajstić information content (AvgIpc) is 3.13. The van der Waals surface area contributed by atoms with Crippen molar-refractivity contribution in [3.05, 3.63) is 93.4 Å². The number of nitrogens with one attached hydrogen (secondary N) is 2. The van der Waals surface area contributed by atoms with Crippen LogP contribution in [0.3, 0.4) is 0 Å². The Hall–Kier alpha value is -3.77. The van der Waals surface area contributed by atoms with E-state index in [0.717, 1.165) is 28.0 Å². The summed E-state index contributed by atoms with van der Waals surface area (Å²) in [5.41, 5.74) is 4.42. The normalized spacial score (nSPS) is 11.2. The molecule has 3 heterocycles. The van der Waals surface area contributed by atoms with E-state index in [2.05, 4.69) is 10.3 Å². The summed E-state index contributed by atoms with van der Waals surface area (Å²) in [6.07, 6.45) is 1.96. The molecule has 0 aliphatic rings. The molecule has 0 aliphatic heterocycles. The van der Waals surface area contributed by atoms with Gasteiger partial charge in [0.25, 0.3) is 5.56 Å². The smallest absolute Gasteiger partial charge is 0.258 e. The number of hydrogen-bond acceptors (Lipinski definition) is 4. The number of hydrogen-bond donors (Lipinski definition) is 2. The number of rotatable bonds is 5. The van der Waals surface area contributed by atoms with Crippen LogP contribution in [0.1, 0.15) is 11.1 Å². The van der Waals surface area contributed by atoms with Crippen LogP contribution < -0.4 is 15.6 Å². The van der Waals surface area contributed by atoms with Gasteiger partial charge in [0.2, 0.25) is 0 Å². The Morgan fingerprint density at radius 2 is 1.97 bits per heavy atom. The van der Waals surface area contributed by atoms with Crippen LogP contribution in [0.15, 0.2) is 71.7 Å². The predicted octanol–water partition coefficient (Wildman–Crippen LogP) is 5.43. The zero-order valence-corrected chi connectivity index (χ0v) is 18.4. The lowest BCUT2D eigenvalue weighted by Crippen LogP contribution is -2.11. The van der Waals surface area contributed by atoms with Gasteiger partial charge in [0.15, 0.2) is 0 Å². The Morgan fingerprint density at radius 1 is 1.12 bits per heavy atom. The number of fused-ring (bicyclic) bond motifs is 2. The summed E-state index contributed by atoms with van der Waals surface area (Å²) < 4.78 is 7.46. The second kappa shape index (κ2) is 8.05. The minimum Gasteiger partial charge on any atom is -0.496 e. The van der Waals surface area contributed by atoms with E-state index in [1.165, 1.54) is 0 Å². The third kappa shape index (κ3) is 3.59.